The Morgan fingerprint density at radius 1 is 0.469 bits per heavy atom. The molecule has 1 aromatic rings. The van der Waals surface area contributed by atoms with E-state index in [4.69, 9.17) is 0 Å². The summed E-state index contributed by atoms with van der Waals surface area (Å²) in [6.45, 7) is 29.9. The molecule has 0 saturated carbocycles. The van der Waals surface area contributed by atoms with Crippen molar-refractivity contribution in [3.8, 4) is 0 Å². The molecule has 0 N–H and O–H groups in total. The van der Waals surface area contributed by atoms with Gasteiger partial charge in [0, 0.05) is 0 Å². The van der Waals surface area contributed by atoms with Crippen LogP contribution in [0.5, 0.6) is 0 Å². The first kappa shape index (κ1) is 26.7. The first-order chi connectivity index (χ1) is 14.4. The fraction of sp³-hybridized carbons (Fsp3) is 0.800. The average molecular weight is 475 g/mol. The molecule has 3 rings (SSSR count). The molecule has 0 nitrogen and oxygen atoms in total. The van der Waals surface area contributed by atoms with Gasteiger partial charge in [0.05, 0.1) is 0 Å². The summed E-state index contributed by atoms with van der Waals surface area (Å²) < 4.78 is 0. The van der Waals surface area contributed by atoms with Gasteiger partial charge in [0.15, 0.2) is 0 Å². The number of benzene rings is 1. The van der Waals surface area contributed by atoms with Gasteiger partial charge in [-0.3, -0.25) is 0 Å². The number of rotatable bonds is 2. The minimum Gasteiger partial charge on any atom is -0.0740 e. The molecule has 2 aliphatic rings. The van der Waals surface area contributed by atoms with Gasteiger partial charge >= 0.3 is 0 Å². The summed E-state index contributed by atoms with van der Waals surface area (Å²) in [6.07, 6.45) is 5.75. The molecule has 2 fully saturated rings. The lowest BCUT2D eigenvalue weighted by Crippen LogP contribution is -2.34. The van der Waals surface area contributed by atoms with Crippen molar-refractivity contribution in [2.24, 2.45) is 45.3 Å². The highest BCUT2D eigenvalue weighted by Gasteiger charge is 2.48. The van der Waals surface area contributed by atoms with Crippen molar-refractivity contribution in [3.05, 3.63) is 24.3 Å². The summed E-state index contributed by atoms with van der Waals surface area (Å²) in [6, 6.07) is 9.77. The Bertz CT molecular complexity index is 670. The summed E-state index contributed by atoms with van der Waals surface area (Å²) in [5.74, 6) is 3.34. The van der Waals surface area contributed by atoms with Gasteiger partial charge in [0.25, 0.3) is 0 Å². The van der Waals surface area contributed by atoms with E-state index in [0.717, 1.165) is 23.7 Å². The van der Waals surface area contributed by atoms with Crippen LogP contribution in [0.4, 0.5) is 0 Å². The van der Waals surface area contributed by atoms with E-state index in [2.05, 4.69) is 107 Å². The third-order valence-corrected chi connectivity index (χ3v) is 14.3. The molecule has 0 aromatic heterocycles. The maximum Gasteiger partial charge on any atom is -0.0164 e. The van der Waals surface area contributed by atoms with Crippen molar-refractivity contribution < 1.29 is 0 Å². The molecule has 0 aliphatic carbocycles. The average Bonchev–Trinajstić information content (AvgIpc) is 3.25. The Morgan fingerprint density at radius 2 is 0.688 bits per heavy atom. The first-order valence-corrected chi connectivity index (χ1v) is 16.4. The molecule has 0 amide bonds. The van der Waals surface area contributed by atoms with Crippen molar-refractivity contribution in [2.45, 2.75) is 83.1 Å². The predicted octanol–water partition coefficient (Wildman–Crippen LogP) is 8.58. The maximum atomic E-state index is 2.55. The number of hydrogen-bond acceptors (Lipinski definition) is 0. The lowest BCUT2D eigenvalue weighted by molar-refractivity contribution is 0.115. The second-order valence-electron chi connectivity index (χ2n) is 15.2. The van der Waals surface area contributed by atoms with E-state index < -0.39 is 0 Å². The van der Waals surface area contributed by atoms with Gasteiger partial charge in [-0.25, -0.2) is 0 Å². The Kier molecular flexibility index (Phi) is 7.46. The molecule has 0 radical (unpaired) electrons. The molecule has 2 saturated heterocycles. The van der Waals surface area contributed by atoms with E-state index in [1.165, 1.54) is 24.6 Å². The molecular weight excluding hydrogens is 422 g/mol. The van der Waals surface area contributed by atoms with Crippen LogP contribution >= 0.6 is 15.8 Å². The van der Waals surface area contributed by atoms with Gasteiger partial charge in [0.1, 0.15) is 0 Å². The monoisotopic (exact) mass is 474 g/mol. The lowest BCUT2D eigenvalue weighted by Gasteiger charge is -2.39. The summed E-state index contributed by atoms with van der Waals surface area (Å²) in [4.78, 5) is 0. The van der Waals surface area contributed by atoms with E-state index >= 15 is 0 Å². The minimum atomic E-state index is -0.0528. The molecular formula is C30H52P2. The van der Waals surface area contributed by atoms with Crippen molar-refractivity contribution in [3.63, 3.8) is 0 Å². The third kappa shape index (κ3) is 5.65. The molecule has 2 aliphatic heterocycles. The Balaban J connectivity index is 1.95. The molecule has 1 aromatic carbocycles. The summed E-state index contributed by atoms with van der Waals surface area (Å²) in [7, 11) is -0.106. The van der Waals surface area contributed by atoms with Gasteiger partial charge in [-0.15, -0.1) is 0 Å². The molecule has 2 heteroatoms. The second kappa shape index (κ2) is 8.94. The van der Waals surface area contributed by atoms with Gasteiger partial charge < -0.3 is 0 Å². The van der Waals surface area contributed by atoms with Gasteiger partial charge in [0.2, 0.25) is 0 Å². The SMILES string of the molecule is CC(C)(C)[C@H]1CP(c2ccccc2P2C[C@H](C(C)(C)C)[C@@H](C(C)(C)C)C2)C[C@@H]1C(C)(C)C. The highest BCUT2D eigenvalue weighted by Crippen LogP contribution is 2.61. The maximum absolute atomic E-state index is 2.55. The Morgan fingerprint density at radius 3 is 0.875 bits per heavy atom. The molecule has 4 atom stereocenters. The smallest absolute Gasteiger partial charge is 0.0164 e. The standard InChI is InChI=1S/C30H52P2/c1-27(2,3)21-17-31(18-22(21)28(4,5)6)25-15-13-14-16-26(25)32-19-23(29(7,8)9)24(20-32)30(10,11)12/h13-16,21-24H,17-20H2,1-12H3/t21-,22-,23-,24-/m0/s1. The van der Waals surface area contributed by atoms with Crippen LogP contribution in [0.1, 0.15) is 83.1 Å². The summed E-state index contributed by atoms with van der Waals surface area (Å²) in [5.41, 5.74) is 1.60. The molecule has 2 heterocycles. The zero-order valence-corrected chi connectivity index (χ0v) is 25.1. The van der Waals surface area contributed by atoms with Gasteiger partial charge in [-0.1, -0.05) is 123 Å². The topological polar surface area (TPSA) is 0 Å². The van der Waals surface area contributed by atoms with Crippen LogP contribution in [0.2, 0.25) is 0 Å². The van der Waals surface area contributed by atoms with Crippen LogP contribution < -0.4 is 10.6 Å². The quantitative estimate of drug-likeness (QED) is 0.377. The molecule has 32 heavy (non-hydrogen) atoms. The minimum absolute atomic E-state index is 0.0528. The van der Waals surface area contributed by atoms with E-state index in [-0.39, 0.29) is 15.8 Å². The van der Waals surface area contributed by atoms with Gasteiger partial charge in [-0.2, -0.15) is 0 Å². The highest BCUT2D eigenvalue weighted by molar-refractivity contribution is 7.72. The van der Waals surface area contributed by atoms with Crippen LogP contribution in [0.25, 0.3) is 0 Å². The fourth-order valence-corrected chi connectivity index (χ4v) is 14.9. The van der Waals surface area contributed by atoms with Crippen molar-refractivity contribution >= 4 is 26.5 Å². The van der Waals surface area contributed by atoms with Gasteiger partial charge in [-0.05, 0) is 80.6 Å². The number of hydrogen-bond donors (Lipinski definition) is 0. The van der Waals surface area contributed by atoms with Crippen molar-refractivity contribution in [1.82, 2.24) is 0 Å². The Labute approximate surface area is 203 Å². The largest absolute Gasteiger partial charge is 0.0740 e. The summed E-state index contributed by atoms with van der Waals surface area (Å²) in [5, 5.41) is 3.58. The van der Waals surface area contributed by atoms with E-state index in [9.17, 15) is 0 Å². The van der Waals surface area contributed by atoms with Crippen LogP contribution in [0.3, 0.4) is 0 Å². The van der Waals surface area contributed by atoms with E-state index in [1.54, 1.807) is 10.6 Å². The molecule has 0 bridgehead atoms. The van der Waals surface area contributed by atoms with E-state index in [1.807, 2.05) is 0 Å². The normalized spacial score (nSPS) is 29.1. The van der Waals surface area contributed by atoms with Crippen molar-refractivity contribution in [2.75, 3.05) is 24.6 Å². The Hall–Kier alpha value is 0.0800. The third-order valence-electron chi connectivity index (χ3n) is 8.65. The van der Waals surface area contributed by atoms with E-state index in [0.29, 0.717) is 21.7 Å². The van der Waals surface area contributed by atoms with Crippen molar-refractivity contribution in [1.29, 1.82) is 0 Å². The molecule has 182 valence electrons. The zero-order chi connectivity index (χ0) is 24.3. The van der Waals surface area contributed by atoms with Crippen LogP contribution in [-0.4, -0.2) is 24.6 Å². The molecule has 0 spiro atoms. The second-order valence-corrected chi connectivity index (χ2v) is 19.8. The predicted molar refractivity (Wildman–Crippen MR) is 151 cm³/mol. The van der Waals surface area contributed by atoms with Crippen LogP contribution in [0.15, 0.2) is 24.3 Å². The van der Waals surface area contributed by atoms with Crippen LogP contribution in [-0.2, 0) is 0 Å². The lowest BCUT2D eigenvalue weighted by atomic mass is 9.66. The molecule has 0 unspecified atom stereocenters. The fourth-order valence-electron chi connectivity index (χ4n) is 6.51. The summed E-state index contributed by atoms with van der Waals surface area (Å²) >= 11 is 0. The van der Waals surface area contributed by atoms with Crippen LogP contribution in [0, 0.1) is 45.3 Å². The zero-order valence-electron chi connectivity index (χ0n) is 23.3. The first-order valence-electron chi connectivity index (χ1n) is 13.0. The highest BCUT2D eigenvalue weighted by atomic mass is 31.1.